The Morgan fingerprint density at radius 2 is 1.43 bits per heavy atom. The molecule has 0 spiro atoms. The second kappa shape index (κ2) is 14.3. The number of benzene rings is 5. The Morgan fingerprint density at radius 1 is 0.673 bits per heavy atom. The average Bonchev–Trinajstić information content (AvgIpc) is 3.51. The van der Waals surface area contributed by atoms with E-state index < -0.39 is 11.8 Å². The molecule has 3 heterocycles. The first kappa shape index (κ1) is 31.4. The first-order valence-electron chi connectivity index (χ1n) is 17.2. The van der Waals surface area contributed by atoms with Gasteiger partial charge in [0.15, 0.2) is 0 Å². The minimum Gasteiger partial charge on any atom is -0.456 e. The van der Waals surface area contributed by atoms with Crippen molar-refractivity contribution in [2.45, 2.75) is 41.0 Å². The summed E-state index contributed by atoms with van der Waals surface area (Å²) in [6, 6.07) is 45.2. The van der Waals surface area contributed by atoms with Gasteiger partial charge in [0.2, 0.25) is 0 Å². The van der Waals surface area contributed by atoms with Gasteiger partial charge in [-0.2, -0.15) is 0 Å². The van der Waals surface area contributed by atoms with Crippen molar-refractivity contribution in [2.75, 3.05) is 0 Å². The van der Waals surface area contributed by atoms with Gasteiger partial charge in [0.1, 0.15) is 11.2 Å². The second-order valence-electron chi connectivity index (χ2n) is 13.2. The molecule has 0 aliphatic carbocycles. The molecule has 0 aliphatic heterocycles. The molecule has 4 heteroatoms. The zero-order valence-electron chi connectivity index (χ0n) is 30.3. The van der Waals surface area contributed by atoms with E-state index in [1.54, 1.807) is 12.3 Å². The van der Waals surface area contributed by atoms with Gasteiger partial charge in [0, 0.05) is 46.0 Å². The Labute approximate surface area is 305 Å². The van der Waals surface area contributed by atoms with Crippen molar-refractivity contribution in [1.82, 2.24) is 9.97 Å². The maximum absolute atomic E-state index is 8.62. The fraction of sp³-hybridized carbons (Fsp3) is 0.156. The summed E-state index contributed by atoms with van der Waals surface area (Å²) < 4.78 is 23.3. The SMILES string of the molecule is Cc1c[c-]c(-c2ccc(C)cn2)cc1.[2H]C([2H])(c1ccnc(-c2[c-]cc(-c3cccc4c3ccc3oc5ccccc5c34)cc2)c1)C(C)(C)C.[Ir]. The fourth-order valence-electron chi connectivity index (χ4n) is 5.96. The van der Waals surface area contributed by atoms with Crippen LogP contribution in [0.3, 0.4) is 0 Å². The molecule has 245 valence electrons. The van der Waals surface area contributed by atoms with E-state index in [1.165, 1.54) is 11.1 Å². The number of hydrogen-bond donors (Lipinski definition) is 0. The average molecular weight is 817 g/mol. The Bertz CT molecular complexity index is 2400. The number of pyridine rings is 2. The zero-order valence-corrected chi connectivity index (χ0v) is 30.7. The normalized spacial score (nSPS) is 12.2. The van der Waals surface area contributed by atoms with Gasteiger partial charge in [-0.3, -0.25) is 0 Å². The van der Waals surface area contributed by atoms with Crippen molar-refractivity contribution in [2.24, 2.45) is 5.41 Å². The molecule has 0 unspecified atom stereocenters. The van der Waals surface area contributed by atoms with Gasteiger partial charge in [-0.15, -0.1) is 65.2 Å². The van der Waals surface area contributed by atoms with Crippen LogP contribution >= 0.6 is 0 Å². The minimum atomic E-state index is -1.48. The molecule has 0 atom stereocenters. The van der Waals surface area contributed by atoms with Crippen molar-refractivity contribution in [1.29, 1.82) is 0 Å². The summed E-state index contributed by atoms with van der Waals surface area (Å²) in [7, 11) is 0. The van der Waals surface area contributed by atoms with Crippen LogP contribution < -0.4 is 0 Å². The molecule has 0 saturated heterocycles. The summed E-state index contributed by atoms with van der Waals surface area (Å²) in [4.78, 5) is 8.85. The zero-order chi connectivity index (χ0) is 35.0. The van der Waals surface area contributed by atoms with E-state index in [4.69, 9.17) is 7.16 Å². The van der Waals surface area contributed by atoms with Gasteiger partial charge in [-0.25, -0.2) is 0 Å². The standard InChI is InChI=1S/C32H26NO.C13H12N.Ir/c1-32(2,3)20-21-17-18-33-28(19-21)23-13-11-22(12-14-23)24-8-6-9-26-25(24)15-16-30-31(26)27-7-4-5-10-29(27)34-30;1-10-3-6-12(7-4-10)13-8-5-11(2)9-14-13;/h4-13,15-19H,20H2,1-3H3;3-6,8-9H,1-2H3;/q2*-1;/i20D2;;. The van der Waals surface area contributed by atoms with Gasteiger partial charge in [0.25, 0.3) is 0 Å². The third kappa shape index (κ3) is 7.57. The maximum Gasteiger partial charge on any atom is 0.136 e. The summed E-state index contributed by atoms with van der Waals surface area (Å²) in [5, 5.41) is 4.59. The molecule has 8 aromatic rings. The van der Waals surface area contributed by atoms with E-state index in [2.05, 4.69) is 83.6 Å². The minimum absolute atomic E-state index is 0. The molecule has 0 amide bonds. The van der Waals surface area contributed by atoms with Crippen LogP contribution in [0.15, 0.2) is 132 Å². The van der Waals surface area contributed by atoms with E-state index in [-0.39, 0.29) is 20.1 Å². The van der Waals surface area contributed by atoms with Crippen molar-refractivity contribution >= 4 is 32.7 Å². The number of para-hydroxylation sites is 1. The van der Waals surface area contributed by atoms with E-state index in [0.29, 0.717) is 5.56 Å². The van der Waals surface area contributed by atoms with E-state index in [9.17, 15) is 0 Å². The van der Waals surface area contributed by atoms with Crippen LogP contribution in [0.1, 0.15) is 40.2 Å². The van der Waals surface area contributed by atoms with E-state index >= 15 is 0 Å². The first-order chi connectivity index (χ1) is 24.0. The Kier molecular flexibility index (Phi) is 9.16. The van der Waals surface area contributed by atoms with Crippen LogP contribution in [0, 0.1) is 31.4 Å². The molecule has 5 aromatic carbocycles. The maximum atomic E-state index is 8.62. The summed E-state index contributed by atoms with van der Waals surface area (Å²) >= 11 is 0. The number of rotatable bonds is 4. The van der Waals surface area contributed by atoms with Crippen LogP contribution in [0.25, 0.3) is 66.4 Å². The molecule has 8 rings (SSSR count). The smallest absolute Gasteiger partial charge is 0.136 e. The summed E-state index contributed by atoms with van der Waals surface area (Å²) in [6.45, 7) is 9.84. The number of nitrogens with zero attached hydrogens (tertiary/aromatic N) is 2. The Hall–Kier alpha value is -4.89. The van der Waals surface area contributed by atoms with Gasteiger partial charge in [-0.05, 0) is 64.6 Å². The summed E-state index contributed by atoms with van der Waals surface area (Å²) in [5.74, 6) is 0. The quantitative estimate of drug-likeness (QED) is 0.166. The second-order valence-corrected chi connectivity index (χ2v) is 13.2. The van der Waals surface area contributed by atoms with E-state index in [0.717, 1.165) is 66.4 Å². The largest absolute Gasteiger partial charge is 0.456 e. The van der Waals surface area contributed by atoms with E-state index in [1.807, 2.05) is 88.5 Å². The van der Waals surface area contributed by atoms with Crippen molar-refractivity contribution in [3.63, 3.8) is 0 Å². The molecule has 0 N–H and O–H groups in total. The van der Waals surface area contributed by atoms with Crippen molar-refractivity contribution in [3.8, 4) is 33.6 Å². The monoisotopic (exact) mass is 817 g/mol. The fourth-order valence-corrected chi connectivity index (χ4v) is 5.96. The van der Waals surface area contributed by atoms with Crippen LogP contribution in [0.5, 0.6) is 0 Å². The predicted molar refractivity (Wildman–Crippen MR) is 200 cm³/mol. The van der Waals surface area contributed by atoms with Gasteiger partial charge in [0.05, 0.1) is 0 Å². The molecule has 3 aromatic heterocycles. The van der Waals surface area contributed by atoms with Crippen LogP contribution in [-0.2, 0) is 26.5 Å². The number of aryl methyl sites for hydroxylation is 2. The number of hydrogen-bond acceptors (Lipinski definition) is 3. The number of furan rings is 1. The predicted octanol–water partition coefficient (Wildman–Crippen LogP) is 12.0. The molecular formula is C45H38IrN2O-2. The molecule has 0 bridgehead atoms. The third-order valence-corrected chi connectivity index (χ3v) is 8.23. The number of fused-ring (bicyclic) bond motifs is 5. The topological polar surface area (TPSA) is 38.9 Å². The third-order valence-electron chi connectivity index (χ3n) is 8.23. The van der Waals surface area contributed by atoms with Crippen molar-refractivity contribution in [3.05, 3.63) is 156 Å². The van der Waals surface area contributed by atoms with Crippen LogP contribution in [0.2, 0.25) is 0 Å². The molecule has 1 radical (unpaired) electrons. The summed E-state index contributed by atoms with van der Waals surface area (Å²) in [5.41, 5.74) is 10.1. The molecule has 0 saturated carbocycles. The number of aromatic nitrogens is 2. The van der Waals surface area contributed by atoms with Gasteiger partial charge in [-0.1, -0.05) is 105 Å². The molecule has 3 nitrogen and oxygen atoms in total. The van der Waals surface area contributed by atoms with Crippen LogP contribution in [-0.4, -0.2) is 9.97 Å². The first-order valence-corrected chi connectivity index (χ1v) is 16.2. The van der Waals surface area contributed by atoms with Gasteiger partial charge < -0.3 is 14.4 Å². The Balaban J connectivity index is 0.000000251. The molecule has 0 aliphatic rings. The molecule has 49 heavy (non-hydrogen) atoms. The Morgan fingerprint density at radius 3 is 2.16 bits per heavy atom. The van der Waals surface area contributed by atoms with Gasteiger partial charge >= 0.3 is 0 Å². The molecular weight excluding hydrogens is 777 g/mol. The molecule has 0 fully saturated rings. The summed E-state index contributed by atoms with van der Waals surface area (Å²) in [6.07, 6.45) is 2.08. The van der Waals surface area contributed by atoms with Crippen LogP contribution in [0.4, 0.5) is 0 Å². The van der Waals surface area contributed by atoms with Crippen molar-refractivity contribution < 1.29 is 27.3 Å².